The summed E-state index contributed by atoms with van der Waals surface area (Å²) in [5.74, 6) is -0.159. The molecule has 0 aliphatic heterocycles. The lowest BCUT2D eigenvalue weighted by Gasteiger charge is -2.06. The summed E-state index contributed by atoms with van der Waals surface area (Å²) in [6.07, 6.45) is 0. The maximum atomic E-state index is 10.9. The zero-order valence-corrected chi connectivity index (χ0v) is 7.90. The highest BCUT2D eigenvalue weighted by Gasteiger charge is 2.05. The lowest BCUT2D eigenvalue weighted by Crippen LogP contribution is -2.14. The van der Waals surface area contributed by atoms with Gasteiger partial charge in [-0.05, 0) is 19.1 Å². The molecule has 4 heteroatoms. The Morgan fingerprint density at radius 2 is 2.14 bits per heavy atom. The molecule has 0 aliphatic rings. The van der Waals surface area contributed by atoms with E-state index in [4.69, 9.17) is 4.74 Å². The molecule has 1 rings (SSSR count). The summed E-state index contributed by atoms with van der Waals surface area (Å²) in [6, 6.07) is 6.45. The number of para-hydroxylation sites is 2. The lowest BCUT2D eigenvalue weighted by molar-refractivity contribution is -0.145. The molecule has 0 saturated carbocycles. The predicted molar refractivity (Wildman–Crippen MR) is 50.2 cm³/mol. The van der Waals surface area contributed by atoms with E-state index in [1.54, 1.807) is 25.1 Å². The summed E-state index contributed by atoms with van der Waals surface area (Å²) >= 11 is 0. The third-order valence-corrected chi connectivity index (χ3v) is 1.52. The van der Waals surface area contributed by atoms with Gasteiger partial charge in [-0.1, -0.05) is 12.1 Å². The average molecular weight is 196 g/mol. The first-order valence-electron chi connectivity index (χ1n) is 4.30. The number of phenols is 1. The molecule has 0 aliphatic carbocycles. The summed E-state index contributed by atoms with van der Waals surface area (Å²) in [5, 5.41) is 9.28. The van der Waals surface area contributed by atoms with Crippen LogP contribution in [0.15, 0.2) is 24.3 Å². The first-order valence-corrected chi connectivity index (χ1v) is 4.30. The molecule has 76 valence electrons. The highest BCUT2D eigenvalue weighted by Crippen LogP contribution is 2.23. The molecule has 0 fully saturated rings. The van der Waals surface area contributed by atoms with Gasteiger partial charge in [0.15, 0.2) is 18.1 Å². The topological polar surface area (TPSA) is 55.8 Å². The zero-order chi connectivity index (χ0) is 10.4. The molecule has 4 nitrogen and oxygen atoms in total. The summed E-state index contributed by atoms with van der Waals surface area (Å²) in [7, 11) is 0. The summed E-state index contributed by atoms with van der Waals surface area (Å²) in [5.41, 5.74) is 0. The van der Waals surface area contributed by atoms with Crippen molar-refractivity contribution in [3.8, 4) is 11.5 Å². The van der Waals surface area contributed by atoms with Gasteiger partial charge in [0.25, 0.3) is 0 Å². The second kappa shape index (κ2) is 5.11. The Labute approximate surface area is 82.1 Å². The number of phenolic OH excluding ortho intramolecular Hbond substituents is 1. The third kappa shape index (κ3) is 2.97. The van der Waals surface area contributed by atoms with Crippen LogP contribution >= 0.6 is 0 Å². The van der Waals surface area contributed by atoms with Gasteiger partial charge >= 0.3 is 5.97 Å². The van der Waals surface area contributed by atoms with E-state index in [0.717, 1.165) is 0 Å². The molecular weight excluding hydrogens is 184 g/mol. The van der Waals surface area contributed by atoms with E-state index in [2.05, 4.69) is 4.74 Å². The molecule has 0 bridgehead atoms. The van der Waals surface area contributed by atoms with E-state index in [-0.39, 0.29) is 18.1 Å². The number of aromatic hydroxyl groups is 1. The molecule has 0 spiro atoms. The Morgan fingerprint density at radius 3 is 2.79 bits per heavy atom. The van der Waals surface area contributed by atoms with Crippen molar-refractivity contribution in [2.75, 3.05) is 13.2 Å². The van der Waals surface area contributed by atoms with Gasteiger partial charge < -0.3 is 14.6 Å². The first kappa shape index (κ1) is 10.4. The van der Waals surface area contributed by atoms with Gasteiger partial charge in [0.1, 0.15) is 0 Å². The van der Waals surface area contributed by atoms with Crippen molar-refractivity contribution in [1.82, 2.24) is 0 Å². The van der Waals surface area contributed by atoms with E-state index in [0.29, 0.717) is 6.61 Å². The van der Waals surface area contributed by atoms with Crippen LogP contribution < -0.4 is 4.74 Å². The molecule has 14 heavy (non-hydrogen) atoms. The van der Waals surface area contributed by atoms with Crippen molar-refractivity contribution in [2.45, 2.75) is 6.92 Å². The first-order chi connectivity index (χ1) is 6.74. The van der Waals surface area contributed by atoms with Gasteiger partial charge in [0, 0.05) is 0 Å². The smallest absolute Gasteiger partial charge is 0.344 e. The normalized spacial score (nSPS) is 9.50. The number of rotatable bonds is 4. The fourth-order valence-corrected chi connectivity index (χ4v) is 0.919. The van der Waals surface area contributed by atoms with Crippen LogP contribution in [0.5, 0.6) is 11.5 Å². The minimum atomic E-state index is -0.448. The monoisotopic (exact) mass is 196 g/mol. The van der Waals surface area contributed by atoms with Crippen LogP contribution in [0.2, 0.25) is 0 Å². The van der Waals surface area contributed by atoms with E-state index in [1.165, 1.54) is 6.07 Å². The van der Waals surface area contributed by atoms with Crippen LogP contribution in [0.4, 0.5) is 0 Å². The Morgan fingerprint density at radius 1 is 1.43 bits per heavy atom. The van der Waals surface area contributed by atoms with Crippen molar-refractivity contribution in [3.05, 3.63) is 24.3 Å². The van der Waals surface area contributed by atoms with Gasteiger partial charge in [-0.2, -0.15) is 0 Å². The SMILES string of the molecule is CCOC(=O)COc1ccccc1O. The number of hydrogen-bond acceptors (Lipinski definition) is 4. The molecule has 0 aromatic heterocycles. The minimum absolute atomic E-state index is 0.0109. The van der Waals surface area contributed by atoms with Crippen molar-refractivity contribution in [3.63, 3.8) is 0 Å². The van der Waals surface area contributed by atoms with Crippen LogP contribution in [0.3, 0.4) is 0 Å². The van der Waals surface area contributed by atoms with Crippen molar-refractivity contribution < 1.29 is 19.4 Å². The molecule has 0 amide bonds. The molecule has 0 heterocycles. The van der Waals surface area contributed by atoms with Gasteiger partial charge in [-0.3, -0.25) is 0 Å². The van der Waals surface area contributed by atoms with Crippen molar-refractivity contribution in [2.24, 2.45) is 0 Å². The summed E-state index contributed by atoms with van der Waals surface area (Å²) in [6.45, 7) is 1.85. The quantitative estimate of drug-likeness (QED) is 0.738. The van der Waals surface area contributed by atoms with Gasteiger partial charge in [-0.25, -0.2) is 4.79 Å². The number of benzene rings is 1. The lowest BCUT2D eigenvalue weighted by atomic mass is 10.3. The summed E-state index contributed by atoms with van der Waals surface area (Å²) in [4.78, 5) is 10.9. The molecular formula is C10H12O4. The largest absolute Gasteiger partial charge is 0.504 e. The van der Waals surface area contributed by atoms with Crippen LogP contribution in [0, 0.1) is 0 Å². The van der Waals surface area contributed by atoms with E-state index in [1.807, 2.05) is 0 Å². The number of ether oxygens (including phenoxy) is 2. The Balaban J connectivity index is 2.46. The Kier molecular flexibility index (Phi) is 3.79. The number of carbonyl (C=O) groups is 1. The van der Waals surface area contributed by atoms with E-state index in [9.17, 15) is 9.90 Å². The standard InChI is InChI=1S/C10H12O4/c1-2-13-10(12)7-14-9-6-4-3-5-8(9)11/h3-6,11H,2,7H2,1H3. The van der Waals surface area contributed by atoms with Gasteiger partial charge in [-0.15, -0.1) is 0 Å². The molecule has 0 atom stereocenters. The van der Waals surface area contributed by atoms with E-state index >= 15 is 0 Å². The number of hydrogen-bond donors (Lipinski definition) is 1. The molecule has 0 saturated heterocycles. The van der Waals surface area contributed by atoms with Crippen molar-refractivity contribution >= 4 is 5.97 Å². The highest BCUT2D eigenvalue weighted by atomic mass is 16.6. The maximum Gasteiger partial charge on any atom is 0.344 e. The second-order valence-electron chi connectivity index (χ2n) is 2.56. The summed E-state index contributed by atoms with van der Waals surface area (Å²) < 4.78 is 9.68. The maximum absolute atomic E-state index is 10.9. The fraction of sp³-hybridized carbons (Fsp3) is 0.300. The predicted octanol–water partition coefficient (Wildman–Crippen LogP) is 1.33. The molecule has 1 aromatic rings. The Hall–Kier alpha value is -1.71. The second-order valence-corrected chi connectivity index (χ2v) is 2.56. The van der Waals surface area contributed by atoms with Crippen LogP contribution in [0.25, 0.3) is 0 Å². The van der Waals surface area contributed by atoms with Gasteiger partial charge in [0.2, 0.25) is 0 Å². The number of carbonyl (C=O) groups excluding carboxylic acids is 1. The minimum Gasteiger partial charge on any atom is -0.504 e. The molecule has 1 N–H and O–H groups in total. The van der Waals surface area contributed by atoms with Crippen molar-refractivity contribution in [1.29, 1.82) is 0 Å². The van der Waals surface area contributed by atoms with Crippen LogP contribution in [0.1, 0.15) is 6.92 Å². The van der Waals surface area contributed by atoms with E-state index < -0.39 is 5.97 Å². The molecule has 0 unspecified atom stereocenters. The zero-order valence-electron chi connectivity index (χ0n) is 7.90. The highest BCUT2D eigenvalue weighted by molar-refractivity contribution is 5.71. The Bertz CT molecular complexity index is 309. The van der Waals surface area contributed by atoms with Crippen LogP contribution in [-0.4, -0.2) is 24.3 Å². The molecule has 1 aromatic carbocycles. The fourth-order valence-electron chi connectivity index (χ4n) is 0.919. The van der Waals surface area contributed by atoms with Gasteiger partial charge in [0.05, 0.1) is 6.61 Å². The average Bonchev–Trinajstić information content (AvgIpc) is 2.17. The molecule has 0 radical (unpaired) electrons. The number of esters is 1. The van der Waals surface area contributed by atoms with Crippen LogP contribution in [-0.2, 0) is 9.53 Å². The third-order valence-electron chi connectivity index (χ3n) is 1.52.